The number of methoxy groups -OCH3 is 1. The molecule has 0 aliphatic rings. The SMILES string of the molecule is COC(=O)CC[C@@H](c1cccc(Cl)c1)C(N=[N+]=[N-])c1ccc(Cl)s1. The van der Waals surface area contributed by atoms with Gasteiger partial charge in [-0.2, -0.15) is 0 Å². The van der Waals surface area contributed by atoms with Crippen LogP contribution in [0.3, 0.4) is 0 Å². The molecule has 1 heterocycles. The zero-order valence-electron chi connectivity index (χ0n) is 12.9. The number of azide groups is 1. The molecule has 0 fully saturated rings. The molecule has 0 N–H and O–H groups in total. The average Bonchev–Trinajstić information content (AvgIpc) is 3.00. The van der Waals surface area contributed by atoms with Crippen LogP contribution in [0.5, 0.6) is 0 Å². The summed E-state index contributed by atoms with van der Waals surface area (Å²) in [6.07, 6.45) is 0.677. The fourth-order valence-electron chi connectivity index (χ4n) is 2.50. The van der Waals surface area contributed by atoms with Crippen molar-refractivity contribution >= 4 is 40.5 Å². The molecule has 0 amide bonds. The Morgan fingerprint density at radius 3 is 2.75 bits per heavy atom. The molecule has 5 nitrogen and oxygen atoms in total. The summed E-state index contributed by atoms with van der Waals surface area (Å²) >= 11 is 13.5. The minimum Gasteiger partial charge on any atom is -0.469 e. The van der Waals surface area contributed by atoms with E-state index < -0.39 is 6.04 Å². The first-order valence-electron chi connectivity index (χ1n) is 7.17. The van der Waals surface area contributed by atoms with Crippen LogP contribution in [0.2, 0.25) is 9.36 Å². The quantitative estimate of drug-likeness (QED) is 0.249. The standard InChI is InChI=1S/C16H15Cl2N3O2S/c1-23-15(22)8-5-12(10-3-2-4-11(17)9-10)16(20-21-19)13-6-7-14(18)24-13/h2-4,6-7,9,12,16H,5,8H2,1H3/t12-,16?/m0/s1. The number of esters is 1. The molecular weight excluding hydrogens is 369 g/mol. The van der Waals surface area contributed by atoms with Crippen LogP contribution < -0.4 is 0 Å². The molecule has 2 rings (SSSR count). The summed E-state index contributed by atoms with van der Waals surface area (Å²) in [5.41, 5.74) is 9.89. The van der Waals surface area contributed by atoms with Crippen molar-refractivity contribution in [3.05, 3.63) is 66.6 Å². The van der Waals surface area contributed by atoms with Gasteiger partial charge in [0.25, 0.3) is 0 Å². The monoisotopic (exact) mass is 383 g/mol. The zero-order chi connectivity index (χ0) is 17.5. The van der Waals surface area contributed by atoms with Gasteiger partial charge in [0, 0.05) is 21.2 Å². The summed E-state index contributed by atoms with van der Waals surface area (Å²) < 4.78 is 5.33. The lowest BCUT2D eigenvalue weighted by Crippen LogP contribution is -2.11. The van der Waals surface area contributed by atoms with Crippen LogP contribution in [-0.4, -0.2) is 13.1 Å². The highest BCUT2D eigenvalue weighted by molar-refractivity contribution is 7.16. The first kappa shape index (κ1) is 18.6. The topological polar surface area (TPSA) is 75.1 Å². The van der Waals surface area contributed by atoms with Crippen molar-refractivity contribution in [2.75, 3.05) is 7.11 Å². The van der Waals surface area contributed by atoms with Crippen LogP contribution in [0.25, 0.3) is 10.4 Å². The molecule has 126 valence electrons. The van der Waals surface area contributed by atoms with Crippen LogP contribution in [0, 0.1) is 0 Å². The highest BCUT2D eigenvalue weighted by Crippen LogP contribution is 2.42. The van der Waals surface area contributed by atoms with Crippen LogP contribution in [0.4, 0.5) is 0 Å². The summed E-state index contributed by atoms with van der Waals surface area (Å²) in [4.78, 5) is 15.4. The van der Waals surface area contributed by atoms with Crippen molar-refractivity contribution in [1.29, 1.82) is 0 Å². The summed E-state index contributed by atoms with van der Waals surface area (Å²) in [5.74, 6) is -0.528. The molecule has 0 bridgehead atoms. The summed E-state index contributed by atoms with van der Waals surface area (Å²) in [6.45, 7) is 0. The molecule has 2 aromatic rings. The van der Waals surface area contributed by atoms with Crippen LogP contribution in [0.15, 0.2) is 41.5 Å². The molecule has 0 aliphatic heterocycles. The van der Waals surface area contributed by atoms with Crippen molar-refractivity contribution in [3.8, 4) is 0 Å². The van der Waals surface area contributed by atoms with Gasteiger partial charge in [0.2, 0.25) is 0 Å². The third kappa shape index (κ3) is 4.89. The number of nitrogens with zero attached hydrogens (tertiary/aromatic N) is 3. The Balaban J connectivity index is 2.41. The number of carbonyl (C=O) groups excluding carboxylic acids is 1. The van der Waals surface area contributed by atoms with Gasteiger partial charge in [-0.3, -0.25) is 4.79 Å². The number of hydrogen-bond acceptors (Lipinski definition) is 4. The molecule has 2 atom stereocenters. The third-order valence-corrected chi connectivity index (χ3v) is 5.14. The smallest absolute Gasteiger partial charge is 0.305 e. The number of benzene rings is 1. The maximum atomic E-state index is 11.6. The molecule has 8 heteroatoms. The maximum Gasteiger partial charge on any atom is 0.305 e. The Hall–Kier alpha value is -1.72. The Morgan fingerprint density at radius 1 is 1.38 bits per heavy atom. The van der Waals surface area contributed by atoms with Gasteiger partial charge in [0.05, 0.1) is 17.5 Å². The largest absolute Gasteiger partial charge is 0.469 e. The van der Waals surface area contributed by atoms with Gasteiger partial charge >= 0.3 is 5.97 Å². The lowest BCUT2D eigenvalue weighted by molar-refractivity contribution is -0.140. The van der Waals surface area contributed by atoms with Crippen molar-refractivity contribution in [3.63, 3.8) is 0 Å². The van der Waals surface area contributed by atoms with Gasteiger partial charge in [-0.05, 0) is 47.7 Å². The Bertz CT molecular complexity index is 759. The van der Waals surface area contributed by atoms with E-state index in [4.69, 9.17) is 33.5 Å². The second-order valence-corrected chi connectivity index (χ2v) is 7.25. The molecule has 1 aromatic carbocycles. The number of hydrogen-bond donors (Lipinski definition) is 0. The molecular formula is C16H15Cl2N3O2S. The lowest BCUT2D eigenvalue weighted by Gasteiger charge is -2.23. The molecule has 1 unspecified atom stereocenters. The Morgan fingerprint density at radius 2 is 2.17 bits per heavy atom. The van der Waals surface area contributed by atoms with Gasteiger partial charge < -0.3 is 4.74 Å². The van der Waals surface area contributed by atoms with E-state index in [0.717, 1.165) is 10.4 Å². The Labute approximate surface area is 153 Å². The number of halogens is 2. The second kappa shape index (κ2) is 8.94. The summed E-state index contributed by atoms with van der Waals surface area (Å²) in [7, 11) is 1.35. The molecule has 0 spiro atoms. The fourth-order valence-corrected chi connectivity index (χ4v) is 3.86. The first-order chi connectivity index (χ1) is 11.5. The number of thiophene rings is 1. The summed E-state index contributed by atoms with van der Waals surface area (Å²) in [5, 5.41) is 4.54. The normalized spacial score (nSPS) is 13.0. The van der Waals surface area contributed by atoms with E-state index in [1.54, 1.807) is 12.1 Å². The van der Waals surface area contributed by atoms with E-state index in [9.17, 15) is 4.79 Å². The van der Waals surface area contributed by atoms with E-state index in [-0.39, 0.29) is 18.3 Å². The number of ether oxygens (including phenoxy) is 1. The van der Waals surface area contributed by atoms with E-state index in [2.05, 4.69) is 10.0 Å². The van der Waals surface area contributed by atoms with E-state index in [1.807, 2.05) is 24.3 Å². The van der Waals surface area contributed by atoms with Crippen LogP contribution in [0.1, 0.15) is 35.2 Å². The van der Waals surface area contributed by atoms with Gasteiger partial charge in [-0.15, -0.1) is 11.3 Å². The van der Waals surface area contributed by atoms with Crippen molar-refractivity contribution in [2.24, 2.45) is 5.11 Å². The predicted molar refractivity (Wildman–Crippen MR) is 96.7 cm³/mol. The lowest BCUT2D eigenvalue weighted by atomic mass is 9.87. The molecule has 0 aliphatic carbocycles. The Kier molecular flexibility index (Phi) is 6.94. The molecule has 0 radical (unpaired) electrons. The zero-order valence-corrected chi connectivity index (χ0v) is 15.2. The van der Waals surface area contributed by atoms with E-state index in [1.165, 1.54) is 18.4 Å². The van der Waals surface area contributed by atoms with E-state index >= 15 is 0 Å². The van der Waals surface area contributed by atoms with Crippen molar-refractivity contribution in [2.45, 2.75) is 24.8 Å². The van der Waals surface area contributed by atoms with Gasteiger partial charge in [-0.25, -0.2) is 0 Å². The van der Waals surface area contributed by atoms with Gasteiger partial charge in [0.1, 0.15) is 0 Å². The average molecular weight is 384 g/mol. The van der Waals surface area contributed by atoms with E-state index in [0.29, 0.717) is 15.8 Å². The van der Waals surface area contributed by atoms with Crippen molar-refractivity contribution in [1.82, 2.24) is 0 Å². The first-order valence-corrected chi connectivity index (χ1v) is 8.74. The minimum atomic E-state index is -0.476. The van der Waals surface area contributed by atoms with Crippen molar-refractivity contribution < 1.29 is 9.53 Å². The molecule has 1 aromatic heterocycles. The third-order valence-electron chi connectivity index (χ3n) is 3.61. The molecule has 24 heavy (non-hydrogen) atoms. The minimum absolute atomic E-state index is 0.213. The molecule has 0 saturated heterocycles. The van der Waals surface area contributed by atoms with Crippen LogP contribution in [-0.2, 0) is 9.53 Å². The van der Waals surface area contributed by atoms with Gasteiger partial charge in [0.15, 0.2) is 0 Å². The predicted octanol–water partition coefficient (Wildman–Crippen LogP) is 6.14. The number of rotatable bonds is 7. The molecule has 0 saturated carbocycles. The van der Waals surface area contributed by atoms with Crippen LogP contribution >= 0.6 is 34.5 Å². The van der Waals surface area contributed by atoms with Gasteiger partial charge in [-0.1, -0.05) is 40.4 Å². The highest BCUT2D eigenvalue weighted by Gasteiger charge is 2.26. The summed E-state index contributed by atoms with van der Waals surface area (Å²) in [6, 6.07) is 10.4. The number of carbonyl (C=O) groups is 1. The maximum absolute atomic E-state index is 11.6. The fraction of sp³-hybridized carbons (Fsp3) is 0.312. The second-order valence-electron chi connectivity index (χ2n) is 5.07. The highest BCUT2D eigenvalue weighted by atomic mass is 35.5.